The van der Waals surface area contributed by atoms with Gasteiger partial charge in [0.15, 0.2) is 0 Å². The zero-order valence-electron chi connectivity index (χ0n) is 10.4. The van der Waals surface area contributed by atoms with Gasteiger partial charge >= 0.3 is 0 Å². The van der Waals surface area contributed by atoms with Crippen LogP contribution in [0.4, 0.5) is 0 Å². The normalized spacial score (nSPS) is 11.8. The fraction of sp³-hybridized carbons (Fsp3) is 0.133. The number of para-hydroxylation sites is 1. The molecule has 0 aliphatic rings. The Balaban J connectivity index is 2.14. The number of rotatable bonds is 5. The number of aliphatic hydroxyl groups excluding tert-OH is 1. The number of nitrogens with two attached hydrogens (primary N) is 1. The second-order valence-corrected chi connectivity index (χ2v) is 4.16. The topological polar surface area (TPSA) is 79.3 Å². The van der Waals surface area contributed by atoms with Crippen LogP contribution in [0, 0.1) is 5.41 Å². The first-order chi connectivity index (χ1) is 9.18. The minimum absolute atomic E-state index is 0.271. The van der Waals surface area contributed by atoms with Gasteiger partial charge in [0.2, 0.25) is 0 Å². The van der Waals surface area contributed by atoms with Gasteiger partial charge in [-0.2, -0.15) is 0 Å². The van der Waals surface area contributed by atoms with E-state index < -0.39 is 6.10 Å². The van der Waals surface area contributed by atoms with E-state index >= 15 is 0 Å². The lowest BCUT2D eigenvalue weighted by atomic mass is 10.0. The monoisotopic (exact) mass is 256 g/mol. The maximum atomic E-state index is 9.87. The van der Waals surface area contributed by atoms with Crippen LogP contribution in [0.25, 0.3) is 0 Å². The summed E-state index contributed by atoms with van der Waals surface area (Å²) in [6, 6.07) is 16.7. The first-order valence-electron chi connectivity index (χ1n) is 5.96. The molecular weight excluding hydrogens is 240 g/mol. The van der Waals surface area contributed by atoms with E-state index in [0.717, 1.165) is 11.3 Å². The van der Waals surface area contributed by atoms with Gasteiger partial charge in [-0.3, -0.25) is 5.41 Å². The van der Waals surface area contributed by atoms with Crippen LogP contribution < -0.4 is 10.5 Å². The van der Waals surface area contributed by atoms with Gasteiger partial charge in [0.05, 0.1) is 0 Å². The van der Waals surface area contributed by atoms with Crippen LogP contribution in [0.3, 0.4) is 0 Å². The third-order valence-corrected chi connectivity index (χ3v) is 2.78. The minimum atomic E-state index is -1.09. The van der Waals surface area contributed by atoms with Gasteiger partial charge in [0.25, 0.3) is 0 Å². The highest BCUT2D eigenvalue weighted by atomic mass is 16.5. The van der Waals surface area contributed by atoms with Crippen molar-refractivity contribution in [3.63, 3.8) is 0 Å². The summed E-state index contributed by atoms with van der Waals surface area (Å²) in [7, 11) is 0. The van der Waals surface area contributed by atoms with Gasteiger partial charge in [-0.1, -0.05) is 42.5 Å². The SMILES string of the molecule is N=C(N)C(O)c1ccccc1COc1ccccc1. The van der Waals surface area contributed by atoms with E-state index in [1.807, 2.05) is 42.5 Å². The Morgan fingerprint density at radius 1 is 1.11 bits per heavy atom. The molecule has 0 saturated heterocycles. The van der Waals surface area contributed by atoms with Crippen LogP contribution in [-0.2, 0) is 6.61 Å². The molecule has 4 heteroatoms. The Kier molecular flexibility index (Phi) is 4.15. The molecule has 0 aromatic heterocycles. The van der Waals surface area contributed by atoms with Crippen molar-refractivity contribution in [1.82, 2.24) is 0 Å². The summed E-state index contributed by atoms with van der Waals surface area (Å²) in [6.45, 7) is 0.324. The number of hydrogen-bond donors (Lipinski definition) is 3. The molecule has 0 radical (unpaired) electrons. The summed E-state index contributed by atoms with van der Waals surface area (Å²) >= 11 is 0. The van der Waals surface area contributed by atoms with E-state index in [1.54, 1.807) is 12.1 Å². The van der Waals surface area contributed by atoms with E-state index in [0.29, 0.717) is 12.2 Å². The molecule has 0 aliphatic heterocycles. The Morgan fingerprint density at radius 3 is 2.42 bits per heavy atom. The van der Waals surface area contributed by atoms with Crippen molar-refractivity contribution in [1.29, 1.82) is 5.41 Å². The molecule has 98 valence electrons. The van der Waals surface area contributed by atoms with Crippen LogP contribution in [0.2, 0.25) is 0 Å². The lowest BCUT2D eigenvalue weighted by molar-refractivity contribution is 0.238. The van der Waals surface area contributed by atoms with Crippen LogP contribution in [0.1, 0.15) is 17.2 Å². The Bertz CT molecular complexity index is 555. The number of hydrogen-bond acceptors (Lipinski definition) is 3. The average Bonchev–Trinajstić information content (AvgIpc) is 2.45. The molecule has 2 aromatic rings. The fourth-order valence-corrected chi connectivity index (χ4v) is 1.78. The maximum absolute atomic E-state index is 9.87. The van der Waals surface area contributed by atoms with Crippen molar-refractivity contribution in [2.24, 2.45) is 5.73 Å². The van der Waals surface area contributed by atoms with Crippen molar-refractivity contribution >= 4 is 5.84 Å². The van der Waals surface area contributed by atoms with Crippen molar-refractivity contribution < 1.29 is 9.84 Å². The van der Waals surface area contributed by atoms with Crippen LogP contribution in [-0.4, -0.2) is 10.9 Å². The lowest BCUT2D eigenvalue weighted by Crippen LogP contribution is -2.21. The van der Waals surface area contributed by atoms with Crippen molar-refractivity contribution in [2.75, 3.05) is 0 Å². The van der Waals surface area contributed by atoms with Gasteiger partial charge in [-0.15, -0.1) is 0 Å². The number of ether oxygens (including phenoxy) is 1. The Labute approximate surface area is 112 Å². The summed E-state index contributed by atoms with van der Waals surface area (Å²) < 4.78 is 5.64. The minimum Gasteiger partial charge on any atom is -0.489 e. The van der Waals surface area contributed by atoms with E-state index in [2.05, 4.69) is 0 Å². The summed E-state index contributed by atoms with van der Waals surface area (Å²) in [5.41, 5.74) is 6.75. The second-order valence-electron chi connectivity index (χ2n) is 4.16. The van der Waals surface area contributed by atoms with Gasteiger partial charge in [0.1, 0.15) is 24.3 Å². The van der Waals surface area contributed by atoms with Gasteiger partial charge in [-0.05, 0) is 23.3 Å². The molecule has 19 heavy (non-hydrogen) atoms. The van der Waals surface area contributed by atoms with Crippen LogP contribution >= 0.6 is 0 Å². The first kappa shape index (κ1) is 13.1. The average molecular weight is 256 g/mol. The van der Waals surface area contributed by atoms with Gasteiger partial charge in [0, 0.05) is 0 Å². The predicted octanol–water partition coefficient (Wildman–Crippen LogP) is 2.23. The molecule has 0 spiro atoms. The van der Waals surface area contributed by atoms with Gasteiger partial charge in [-0.25, -0.2) is 0 Å². The standard InChI is InChI=1S/C15H16N2O2/c16-15(17)14(18)13-9-5-4-6-11(13)10-19-12-7-2-1-3-8-12/h1-9,14,18H,10H2,(H3,16,17). The zero-order chi connectivity index (χ0) is 13.7. The van der Waals surface area contributed by atoms with E-state index in [4.69, 9.17) is 15.9 Å². The summed E-state index contributed by atoms with van der Waals surface area (Å²) in [6.07, 6.45) is -1.09. The molecular formula is C15H16N2O2. The number of nitrogens with one attached hydrogen (secondary N) is 1. The third kappa shape index (κ3) is 3.33. The summed E-state index contributed by atoms with van der Waals surface area (Å²) in [5, 5.41) is 17.2. The highest BCUT2D eigenvalue weighted by Crippen LogP contribution is 2.20. The van der Waals surface area contributed by atoms with Crippen LogP contribution in [0.15, 0.2) is 54.6 Å². The number of benzene rings is 2. The van der Waals surface area contributed by atoms with Gasteiger partial charge < -0.3 is 15.6 Å². The molecule has 1 unspecified atom stereocenters. The summed E-state index contributed by atoms with van der Waals surface area (Å²) in [4.78, 5) is 0. The molecule has 0 fully saturated rings. The van der Waals surface area contributed by atoms with Crippen molar-refractivity contribution in [2.45, 2.75) is 12.7 Å². The fourth-order valence-electron chi connectivity index (χ4n) is 1.78. The molecule has 1 atom stereocenters. The zero-order valence-corrected chi connectivity index (χ0v) is 10.4. The molecule has 2 aromatic carbocycles. The quantitative estimate of drug-likeness (QED) is 0.567. The lowest BCUT2D eigenvalue weighted by Gasteiger charge is -2.15. The molecule has 4 nitrogen and oxygen atoms in total. The van der Waals surface area contributed by atoms with E-state index in [-0.39, 0.29) is 5.84 Å². The van der Waals surface area contributed by atoms with E-state index in [1.165, 1.54) is 0 Å². The predicted molar refractivity (Wildman–Crippen MR) is 74.1 cm³/mol. The molecule has 4 N–H and O–H groups in total. The van der Waals surface area contributed by atoms with E-state index in [9.17, 15) is 5.11 Å². The van der Waals surface area contributed by atoms with Crippen LogP contribution in [0.5, 0.6) is 5.75 Å². The summed E-state index contributed by atoms with van der Waals surface area (Å²) in [5.74, 6) is 0.488. The molecule has 0 aliphatic carbocycles. The Hall–Kier alpha value is -2.33. The molecule has 0 heterocycles. The first-order valence-corrected chi connectivity index (χ1v) is 5.96. The Morgan fingerprint density at radius 2 is 1.74 bits per heavy atom. The highest BCUT2D eigenvalue weighted by Gasteiger charge is 2.14. The number of aliphatic hydroxyl groups is 1. The van der Waals surface area contributed by atoms with Crippen molar-refractivity contribution in [3.8, 4) is 5.75 Å². The maximum Gasteiger partial charge on any atom is 0.136 e. The molecule has 0 bridgehead atoms. The highest BCUT2D eigenvalue weighted by molar-refractivity contribution is 5.83. The smallest absolute Gasteiger partial charge is 0.136 e. The molecule has 0 amide bonds. The second kappa shape index (κ2) is 6.02. The molecule has 0 saturated carbocycles. The largest absolute Gasteiger partial charge is 0.489 e. The third-order valence-electron chi connectivity index (χ3n) is 2.78. The van der Waals surface area contributed by atoms with Crippen molar-refractivity contribution in [3.05, 3.63) is 65.7 Å². The molecule has 2 rings (SSSR count). The number of amidine groups is 1.